The van der Waals surface area contributed by atoms with Gasteiger partial charge in [0.2, 0.25) is 0 Å². The fraction of sp³-hybridized carbons (Fsp3) is 0.250. The maximum absolute atomic E-state index is 9.05. The van der Waals surface area contributed by atoms with Crippen LogP contribution in [0, 0.1) is 0 Å². The second kappa shape index (κ2) is 2.53. The van der Waals surface area contributed by atoms with E-state index in [1.54, 1.807) is 0 Å². The van der Waals surface area contributed by atoms with Crippen molar-refractivity contribution in [1.29, 1.82) is 0 Å². The monoisotopic (exact) mass is 154 g/mol. The zero-order valence-corrected chi connectivity index (χ0v) is 6.15. The summed E-state index contributed by atoms with van der Waals surface area (Å²) in [6, 6.07) is 5.71. The van der Waals surface area contributed by atoms with E-state index in [1.807, 2.05) is 0 Å². The molecule has 0 aromatic heterocycles. The summed E-state index contributed by atoms with van der Waals surface area (Å²) in [4.78, 5) is 0. The zero-order valence-electron chi connectivity index (χ0n) is 6.15. The number of phenolic OH excluding ortho intramolecular Hbond substituents is 1. The standard InChI is InChI=1S/C8H10O3/c1-8(10,11)6-2-4-7(9)5-3-6/h2-5,9-11H,1H3. The van der Waals surface area contributed by atoms with Gasteiger partial charge in [0.25, 0.3) is 0 Å². The third kappa shape index (κ3) is 1.93. The average molecular weight is 154 g/mol. The molecule has 0 saturated heterocycles. The van der Waals surface area contributed by atoms with Gasteiger partial charge in [-0.15, -0.1) is 0 Å². The molecule has 1 rings (SSSR count). The van der Waals surface area contributed by atoms with Crippen LogP contribution in [0.5, 0.6) is 5.75 Å². The van der Waals surface area contributed by atoms with Gasteiger partial charge in [0.15, 0.2) is 5.79 Å². The van der Waals surface area contributed by atoms with Gasteiger partial charge in [-0.2, -0.15) is 0 Å². The molecule has 0 amide bonds. The van der Waals surface area contributed by atoms with Crippen LogP contribution in [-0.4, -0.2) is 15.3 Å². The van der Waals surface area contributed by atoms with Crippen molar-refractivity contribution in [2.75, 3.05) is 0 Å². The van der Waals surface area contributed by atoms with Crippen LogP contribution in [0.15, 0.2) is 24.3 Å². The molecule has 1 aromatic rings. The summed E-state index contributed by atoms with van der Waals surface area (Å²) in [5.41, 5.74) is 0.357. The molecule has 0 radical (unpaired) electrons. The van der Waals surface area contributed by atoms with Crippen LogP contribution in [-0.2, 0) is 5.79 Å². The van der Waals surface area contributed by atoms with Crippen molar-refractivity contribution in [3.63, 3.8) is 0 Å². The Morgan fingerprint density at radius 2 is 1.55 bits per heavy atom. The molecule has 0 saturated carbocycles. The number of hydrogen-bond acceptors (Lipinski definition) is 3. The molecule has 0 fully saturated rings. The molecular formula is C8H10O3. The number of aliphatic hydroxyl groups is 2. The Bertz CT molecular complexity index is 233. The van der Waals surface area contributed by atoms with Gasteiger partial charge in [-0.05, 0) is 19.1 Å². The van der Waals surface area contributed by atoms with Gasteiger partial charge in [-0.1, -0.05) is 12.1 Å². The predicted molar refractivity (Wildman–Crippen MR) is 39.9 cm³/mol. The van der Waals surface area contributed by atoms with Crippen molar-refractivity contribution in [3.05, 3.63) is 29.8 Å². The maximum Gasteiger partial charge on any atom is 0.186 e. The molecule has 11 heavy (non-hydrogen) atoms. The van der Waals surface area contributed by atoms with E-state index in [0.717, 1.165) is 0 Å². The van der Waals surface area contributed by atoms with Crippen LogP contribution in [0.3, 0.4) is 0 Å². The minimum atomic E-state index is -1.83. The van der Waals surface area contributed by atoms with E-state index in [4.69, 9.17) is 15.3 Å². The summed E-state index contributed by atoms with van der Waals surface area (Å²) in [6.07, 6.45) is 0. The molecule has 3 nitrogen and oxygen atoms in total. The van der Waals surface area contributed by atoms with Crippen molar-refractivity contribution in [3.8, 4) is 5.75 Å². The molecule has 3 N–H and O–H groups in total. The van der Waals surface area contributed by atoms with E-state index in [-0.39, 0.29) is 5.75 Å². The third-order valence-electron chi connectivity index (χ3n) is 1.41. The van der Waals surface area contributed by atoms with Gasteiger partial charge in [0.1, 0.15) is 5.75 Å². The molecule has 1 aromatic carbocycles. The summed E-state index contributed by atoms with van der Waals surface area (Å²) in [5.74, 6) is -1.72. The molecule has 3 heteroatoms. The summed E-state index contributed by atoms with van der Waals surface area (Å²) >= 11 is 0. The molecule has 0 aliphatic rings. The maximum atomic E-state index is 9.05. The van der Waals surface area contributed by atoms with Gasteiger partial charge in [-0.3, -0.25) is 0 Å². The van der Waals surface area contributed by atoms with Crippen molar-refractivity contribution in [1.82, 2.24) is 0 Å². The van der Waals surface area contributed by atoms with E-state index in [2.05, 4.69) is 0 Å². The van der Waals surface area contributed by atoms with Crippen LogP contribution >= 0.6 is 0 Å². The van der Waals surface area contributed by atoms with Crippen LogP contribution in [0.1, 0.15) is 12.5 Å². The second-order valence-corrected chi connectivity index (χ2v) is 2.57. The van der Waals surface area contributed by atoms with Gasteiger partial charge in [0.05, 0.1) is 0 Å². The molecule has 0 aliphatic heterocycles. The van der Waals surface area contributed by atoms with Crippen molar-refractivity contribution in [2.24, 2.45) is 0 Å². The number of aromatic hydroxyl groups is 1. The lowest BCUT2D eigenvalue weighted by atomic mass is 10.1. The first-order chi connectivity index (χ1) is 5.00. The van der Waals surface area contributed by atoms with E-state index in [1.165, 1.54) is 31.2 Å². The van der Waals surface area contributed by atoms with Gasteiger partial charge in [0, 0.05) is 5.56 Å². The molecule has 0 atom stereocenters. The van der Waals surface area contributed by atoms with Crippen molar-refractivity contribution < 1.29 is 15.3 Å². The Labute approximate surface area is 64.5 Å². The number of benzene rings is 1. The summed E-state index contributed by atoms with van der Waals surface area (Å²) < 4.78 is 0. The molecule has 0 unspecified atom stereocenters. The molecule has 0 heterocycles. The number of hydrogen-bond donors (Lipinski definition) is 3. The van der Waals surface area contributed by atoms with Crippen molar-refractivity contribution >= 4 is 0 Å². The fourth-order valence-electron chi connectivity index (χ4n) is 0.777. The van der Waals surface area contributed by atoms with E-state index in [0.29, 0.717) is 5.56 Å². The van der Waals surface area contributed by atoms with Crippen LogP contribution in [0.2, 0.25) is 0 Å². The van der Waals surface area contributed by atoms with Crippen LogP contribution < -0.4 is 0 Å². The zero-order chi connectivity index (χ0) is 8.48. The summed E-state index contributed by atoms with van der Waals surface area (Å²) in [7, 11) is 0. The average Bonchev–Trinajstić information content (AvgIpc) is 1.86. The highest BCUT2D eigenvalue weighted by atomic mass is 16.5. The first kappa shape index (κ1) is 8.04. The molecule has 0 aliphatic carbocycles. The molecule has 0 bridgehead atoms. The molecular weight excluding hydrogens is 144 g/mol. The van der Waals surface area contributed by atoms with Crippen molar-refractivity contribution in [2.45, 2.75) is 12.7 Å². The van der Waals surface area contributed by atoms with E-state index in [9.17, 15) is 0 Å². The Morgan fingerprint density at radius 1 is 1.09 bits per heavy atom. The second-order valence-electron chi connectivity index (χ2n) is 2.57. The fourth-order valence-corrected chi connectivity index (χ4v) is 0.777. The normalized spacial score (nSPS) is 11.5. The van der Waals surface area contributed by atoms with E-state index >= 15 is 0 Å². The summed E-state index contributed by atoms with van der Waals surface area (Å²) in [5, 5.41) is 27.0. The SMILES string of the molecule is CC(O)(O)c1ccc(O)cc1. The lowest BCUT2D eigenvalue weighted by Crippen LogP contribution is -2.19. The number of rotatable bonds is 1. The number of phenols is 1. The minimum absolute atomic E-state index is 0.109. The van der Waals surface area contributed by atoms with Gasteiger partial charge >= 0.3 is 0 Å². The highest BCUT2D eigenvalue weighted by Crippen LogP contribution is 2.19. The lowest BCUT2D eigenvalue weighted by molar-refractivity contribution is -0.152. The topological polar surface area (TPSA) is 60.7 Å². The Balaban J connectivity index is 2.99. The largest absolute Gasteiger partial charge is 0.508 e. The highest BCUT2D eigenvalue weighted by molar-refractivity contribution is 5.27. The lowest BCUT2D eigenvalue weighted by Gasteiger charge is -2.15. The smallest absolute Gasteiger partial charge is 0.186 e. The Morgan fingerprint density at radius 3 is 1.91 bits per heavy atom. The molecule has 60 valence electrons. The van der Waals surface area contributed by atoms with E-state index < -0.39 is 5.79 Å². The summed E-state index contributed by atoms with van der Waals surface area (Å²) in [6.45, 7) is 1.26. The Hall–Kier alpha value is -1.06. The van der Waals surface area contributed by atoms with Gasteiger partial charge < -0.3 is 15.3 Å². The predicted octanol–water partition coefficient (Wildman–Crippen LogP) is 0.549. The first-order valence-corrected chi connectivity index (χ1v) is 3.24. The highest BCUT2D eigenvalue weighted by Gasteiger charge is 2.17. The third-order valence-corrected chi connectivity index (χ3v) is 1.41. The Kier molecular flexibility index (Phi) is 1.85. The first-order valence-electron chi connectivity index (χ1n) is 3.24. The van der Waals surface area contributed by atoms with Crippen LogP contribution in [0.25, 0.3) is 0 Å². The minimum Gasteiger partial charge on any atom is -0.508 e. The van der Waals surface area contributed by atoms with Gasteiger partial charge in [-0.25, -0.2) is 0 Å². The molecule has 0 spiro atoms. The van der Waals surface area contributed by atoms with Crippen LogP contribution in [0.4, 0.5) is 0 Å². The quantitative estimate of drug-likeness (QED) is 0.518.